The predicted molar refractivity (Wildman–Crippen MR) is 105 cm³/mol. The highest BCUT2D eigenvalue weighted by molar-refractivity contribution is 6.08. The average molecular weight is 345 g/mol. The molecule has 0 unspecified atom stereocenters. The molecular formula is C21H19N3O2. The second-order valence-corrected chi connectivity index (χ2v) is 5.81. The molecule has 0 radical (unpaired) electrons. The highest BCUT2D eigenvalue weighted by atomic mass is 16.2. The van der Waals surface area contributed by atoms with Gasteiger partial charge in [-0.05, 0) is 43.3 Å². The molecule has 0 spiro atoms. The van der Waals surface area contributed by atoms with Crippen LogP contribution in [-0.4, -0.2) is 11.9 Å². The molecular weight excluding hydrogens is 326 g/mol. The Bertz CT molecular complexity index is 906. The van der Waals surface area contributed by atoms with Crippen LogP contribution in [0.1, 0.15) is 15.9 Å². The van der Waals surface area contributed by atoms with E-state index in [0.717, 1.165) is 5.56 Å². The van der Waals surface area contributed by atoms with Crippen molar-refractivity contribution >= 4 is 29.0 Å². The topological polar surface area (TPSA) is 70.2 Å². The van der Waals surface area contributed by atoms with Crippen molar-refractivity contribution in [2.45, 2.75) is 6.92 Å². The Morgan fingerprint density at radius 2 is 1.23 bits per heavy atom. The smallest absolute Gasteiger partial charge is 0.320 e. The number of rotatable bonds is 4. The summed E-state index contributed by atoms with van der Waals surface area (Å²) in [6.45, 7) is 1.96. The zero-order valence-electron chi connectivity index (χ0n) is 14.3. The molecule has 0 bridgehead atoms. The highest BCUT2D eigenvalue weighted by Crippen LogP contribution is 2.22. The molecule has 3 aromatic rings. The number of hydrogen-bond donors (Lipinski definition) is 3. The molecule has 0 aliphatic heterocycles. The molecule has 3 amide bonds. The molecule has 0 saturated heterocycles. The van der Waals surface area contributed by atoms with Crippen LogP contribution in [0.25, 0.3) is 0 Å². The first-order valence-corrected chi connectivity index (χ1v) is 8.22. The van der Waals surface area contributed by atoms with E-state index in [1.54, 1.807) is 48.5 Å². The monoisotopic (exact) mass is 345 g/mol. The molecule has 0 saturated carbocycles. The van der Waals surface area contributed by atoms with Gasteiger partial charge in [-0.25, -0.2) is 4.79 Å². The van der Waals surface area contributed by atoms with Gasteiger partial charge < -0.3 is 16.0 Å². The Balaban J connectivity index is 1.70. The summed E-state index contributed by atoms with van der Waals surface area (Å²) < 4.78 is 0. The van der Waals surface area contributed by atoms with Gasteiger partial charge in [-0.3, -0.25) is 4.79 Å². The third-order valence-electron chi connectivity index (χ3n) is 3.77. The summed E-state index contributed by atoms with van der Waals surface area (Å²) >= 11 is 0. The largest absolute Gasteiger partial charge is 0.323 e. The number of nitrogens with one attached hydrogen (secondary N) is 3. The highest BCUT2D eigenvalue weighted by Gasteiger charge is 2.11. The first kappa shape index (κ1) is 17.2. The lowest BCUT2D eigenvalue weighted by Gasteiger charge is -2.13. The molecule has 3 aromatic carbocycles. The lowest BCUT2D eigenvalue weighted by atomic mass is 10.1. The summed E-state index contributed by atoms with van der Waals surface area (Å²) in [5.74, 6) is -0.234. The number of anilines is 3. The summed E-state index contributed by atoms with van der Waals surface area (Å²) in [7, 11) is 0. The van der Waals surface area contributed by atoms with Crippen LogP contribution in [0.4, 0.5) is 21.9 Å². The van der Waals surface area contributed by atoms with E-state index < -0.39 is 0 Å². The van der Waals surface area contributed by atoms with Crippen LogP contribution >= 0.6 is 0 Å². The van der Waals surface area contributed by atoms with Gasteiger partial charge in [-0.1, -0.05) is 48.0 Å². The Hall–Kier alpha value is -3.60. The average Bonchev–Trinajstić information content (AvgIpc) is 2.64. The lowest BCUT2D eigenvalue weighted by molar-refractivity contribution is 0.102. The maximum absolute atomic E-state index is 12.4. The van der Waals surface area contributed by atoms with Gasteiger partial charge >= 0.3 is 6.03 Å². The van der Waals surface area contributed by atoms with Crippen LogP contribution in [0.3, 0.4) is 0 Å². The Labute approximate surface area is 152 Å². The first-order valence-electron chi connectivity index (χ1n) is 8.22. The van der Waals surface area contributed by atoms with Gasteiger partial charge in [0, 0.05) is 11.3 Å². The van der Waals surface area contributed by atoms with Crippen LogP contribution in [0.2, 0.25) is 0 Å². The van der Waals surface area contributed by atoms with Crippen LogP contribution in [0.15, 0.2) is 78.9 Å². The third-order valence-corrected chi connectivity index (χ3v) is 3.77. The SMILES string of the molecule is Cc1ccc(C(=O)Nc2ccccc2NC(=O)Nc2ccccc2)cc1. The number of benzene rings is 3. The number of carbonyl (C=O) groups is 2. The quantitative estimate of drug-likeness (QED) is 0.630. The molecule has 0 atom stereocenters. The molecule has 0 aliphatic carbocycles. The van der Waals surface area contributed by atoms with Crippen LogP contribution in [0.5, 0.6) is 0 Å². The summed E-state index contributed by atoms with van der Waals surface area (Å²) in [5.41, 5.74) is 3.37. The van der Waals surface area contributed by atoms with Crippen molar-refractivity contribution in [1.82, 2.24) is 0 Å². The molecule has 26 heavy (non-hydrogen) atoms. The normalized spacial score (nSPS) is 10.0. The molecule has 3 N–H and O–H groups in total. The van der Waals surface area contributed by atoms with E-state index in [1.165, 1.54) is 0 Å². The molecule has 0 heterocycles. The van der Waals surface area contributed by atoms with Crippen molar-refractivity contribution in [3.05, 3.63) is 90.0 Å². The van der Waals surface area contributed by atoms with Crippen molar-refractivity contribution in [3.63, 3.8) is 0 Å². The zero-order chi connectivity index (χ0) is 18.4. The van der Waals surface area contributed by atoms with Crippen LogP contribution in [-0.2, 0) is 0 Å². The standard InChI is InChI=1S/C21H19N3O2/c1-15-11-13-16(14-12-15)20(25)23-18-9-5-6-10-19(18)24-21(26)22-17-7-3-2-4-8-17/h2-14H,1H3,(H,23,25)(H2,22,24,26). The van der Waals surface area contributed by atoms with Crippen molar-refractivity contribution in [1.29, 1.82) is 0 Å². The minimum Gasteiger partial charge on any atom is -0.320 e. The molecule has 0 aromatic heterocycles. The van der Waals surface area contributed by atoms with E-state index in [0.29, 0.717) is 22.6 Å². The Morgan fingerprint density at radius 1 is 0.654 bits per heavy atom. The van der Waals surface area contributed by atoms with E-state index >= 15 is 0 Å². The Morgan fingerprint density at radius 3 is 1.88 bits per heavy atom. The molecule has 3 rings (SSSR count). The van der Waals surface area contributed by atoms with Crippen molar-refractivity contribution in [2.75, 3.05) is 16.0 Å². The van der Waals surface area contributed by atoms with Crippen molar-refractivity contribution in [3.8, 4) is 0 Å². The molecule has 130 valence electrons. The summed E-state index contributed by atoms with van der Waals surface area (Å²) in [5, 5.41) is 8.34. The van der Waals surface area contributed by atoms with E-state index in [1.807, 2.05) is 37.3 Å². The van der Waals surface area contributed by atoms with Gasteiger partial charge in [0.15, 0.2) is 0 Å². The second-order valence-electron chi connectivity index (χ2n) is 5.81. The van der Waals surface area contributed by atoms with Crippen molar-refractivity contribution < 1.29 is 9.59 Å². The predicted octanol–water partition coefficient (Wildman–Crippen LogP) is 4.89. The van der Waals surface area contributed by atoms with Gasteiger partial charge in [0.1, 0.15) is 0 Å². The number of carbonyl (C=O) groups excluding carboxylic acids is 2. The maximum atomic E-state index is 12.4. The number of para-hydroxylation sites is 3. The summed E-state index contributed by atoms with van der Waals surface area (Å²) in [6.07, 6.45) is 0. The van der Waals surface area contributed by atoms with Gasteiger partial charge in [0.2, 0.25) is 0 Å². The van der Waals surface area contributed by atoms with Crippen molar-refractivity contribution in [2.24, 2.45) is 0 Å². The minimum absolute atomic E-state index is 0.234. The fraction of sp³-hybridized carbons (Fsp3) is 0.0476. The van der Waals surface area contributed by atoms with Gasteiger partial charge in [0.05, 0.1) is 11.4 Å². The summed E-state index contributed by atoms with van der Waals surface area (Å²) in [6, 6.07) is 23.1. The zero-order valence-corrected chi connectivity index (χ0v) is 14.3. The number of hydrogen-bond acceptors (Lipinski definition) is 2. The third kappa shape index (κ3) is 4.48. The number of aryl methyl sites for hydroxylation is 1. The molecule has 0 fully saturated rings. The van der Waals surface area contributed by atoms with E-state index in [-0.39, 0.29) is 11.9 Å². The lowest BCUT2D eigenvalue weighted by Crippen LogP contribution is -2.21. The van der Waals surface area contributed by atoms with Gasteiger partial charge in [-0.15, -0.1) is 0 Å². The Kier molecular flexibility index (Phi) is 5.29. The van der Waals surface area contributed by atoms with Gasteiger partial charge in [0.25, 0.3) is 5.91 Å². The van der Waals surface area contributed by atoms with E-state index in [2.05, 4.69) is 16.0 Å². The molecule has 5 nitrogen and oxygen atoms in total. The van der Waals surface area contributed by atoms with Crippen LogP contribution in [0, 0.1) is 6.92 Å². The fourth-order valence-electron chi connectivity index (χ4n) is 2.41. The maximum Gasteiger partial charge on any atom is 0.323 e. The minimum atomic E-state index is -0.381. The second kappa shape index (κ2) is 7.98. The molecule has 0 aliphatic rings. The van der Waals surface area contributed by atoms with Crippen LogP contribution < -0.4 is 16.0 Å². The summed E-state index contributed by atoms with van der Waals surface area (Å²) in [4.78, 5) is 24.6. The number of amides is 3. The van der Waals surface area contributed by atoms with Gasteiger partial charge in [-0.2, -0.15) is 0 Å². The first-order chi connectivity index (χ1) is 12.6. The fourth-order valence-corrected chi connectivity index (χ4v) is 2.41. The molecule has 5 heteroatoms. The number of urea groups is 1. The van der Waals surface area contributed by atoms with E-state index in [4.69, 9.17) is 0 Å². The van der Waals surface area contributed by atoms with E-state index in [9.17, 15) is 9.59 Å².